The summed E-state index contributed by atoms with van der Waals surface area (Å²) in [5, 5.41) is 75.2. The largest absolute Gasteiger partial charge is 0.394 e. The van der Waals surface area contributed by atoms with Crippen molar-refractivity contribution in [1.29, 1.82) is 0 Å². The molecule has 308 valence electrons. The summed E-state index contributed by atoms with van der Waals surface area (Å²) in [6.07, 6.45) is 24.6. The minimum atomic E-state index is -1.67. The molecule has 8 N–H and O–H groups in total. The highest BCUT2D eigenvalue weighted by Crippen LogP contribution is 2.23. The number of ether oxygens (including phenoxy) is 2. The maximum atomic E-state index is 13.0. The van der Waals surface area contributed by atoms with Gasteiger partial charge in [0.2, 0.25) is 5.91 Å². The fraction of sp³-hybridized carbons (Fsp3) is 0.786. The van der Waals surface area contributed by atoms with Crippen molar-refractivity contribution in [3.8, 4) is 0 Å². The van der Waals surface area contributed by atoms with Crippen LogP contribution < -0.4 is 5.32 Å². The molecule has 1 aliphatic heterocycles. The van der Waals surface area contributed by atoms with Crippen LogP contribution in [0.4, 0.5) is 0 Å². The first-order chi connectivity index (χ1) is 25.7. The average Bonchev–Trinajstić information content (AvgIpc) is 3.16. The van der Waals surface area contributed by atoms with Gasteiger partial charge < -0.3 is 50.5 Å². The summed E-state index contributed by atoms with van der Waals surface area (Å²) in [6.45, 7) is 3.27. The van der Waals surface area contributed by atoms with Crippen molar-refractivity contribution in [1.82, 2.24) is 5.32 Å². The van der Waals surface area contributed by atoms with E-state index >= 15 is 0 Å². The minimum absolute atomic E-state index is 0.236. The lowest BCUT2D eigenvalue weighted by Gasteiger charge is -2.40. The molecule has 9 unspecified atom stereocenters. The topological polar surface area (TPSA) is 189 Å². The number of unbranched alkanes of at least 4 members (excludes halogenated alkanes) is 12. The second kappa shape index (κ2) is 32.3. The van der Waals surface area contributed by atoms with E-state index in [-0.39, 0.29) is 12.8 Å². The summed E-state index contributed by atoms with van der Waals surface area (Å²) in [5.41, 5.74) is 0. The van der Waals surface area contributed by atoms with E-state index in [4.69, 9.17) is 9.47 Å². The van der Waals surface area contributed by atoms with Gasteiger partial charge >= 0.3 is 0 Å². The van der Waals surface area contributed by atoms with Crippen molar-refractivity contribution < 1.29 is 50.0 Å². The van der Waals surface area contributed by atoms with E-state index in [1.54, 1.807) is 0 Å². The zero-order valence-corrected chi connectivity index (χ0v) is 32.7. The molecule has 0 aromatic heterocycles. The molecule has 1 amide bonds. The summed E-state index contributed by atoms with van der Waals surface area (Å²) < 4.78 is 11.0. The lowest BCUT2D eigenvalue weighted by Crippen LogP contribution is -2.60. The Bertz CT molecular complexity index is 1000. The van der Waals surface area contributed by atoms with Gasteiger partial charge in [0, 0.05) is 0 Å². The number of hydrogen-bond acceptors (Lipinski definition) is 10. The van der Waals surface area contributed by atoms with Crippen LogP contribution >= 0.6 is 0 Å². The Morgan fingerprint density at radius 3 is 1.87 bits per heavy atom. The number of carbonyl (C=O) groups excluding carboxylic acids is 1. The molecule has 11 heteroatoms. The van der Waals surface area contributed by atoms with Crippen molar-refractivity contribution in [2.75, 3.05) is 13.2 Å². The number of nitrogens with one attached hydrogen (secondary N) is 1. The zero-order chi connectivity index (χ0) is 39.1. The maximum Gasteiger partial charge on any atom is 0.249 e. The van der Waals surface area contributed by atoms with Gasteiger partial charge in [-0.15, -0.1) is 0 Å². The molecule has 1 rings (SSSR count). The highest BCUT2D eigenvalue weighted by Gasteiger charge is 2.44. The van der Waals surface area contributed by atoms with E-state index < -0.39 is 74.2 Å². The highest BCUT2D eigenvalue weighted by molar-refractivity contribution is 5.80. The number of rotatable bonds is 32. The molecular formula is C42H75NO10. The van der Waals surface area contributed by atoms with Crippen LogP contribution in [0.3, 0.4) is 0 Å². The second-order valence-electron chi connectivity index (χ2n) is 14.3. The maximum absolute atomic E-state index is 13.0. The Labute approximate surface area is 319 Å². The molecule has 0 saturated carbocycles. The molecule has 1 aliphatic rings. The first-order valence-electron chi connectivity index (χ1n) is 20.5. The van der Waals surface area contributed by atoms with E-state index in [9.17, 15) is 40.5 Å². The molecule has 9 atom stereocenters. The van der Waals surface area contributed by atoms with Gasteiger partial charge in [-0.1, -0.05) is 114 Å². The van der Waals surface area contributed by atoms with Crippen molar-refractivity contribution in [3.63, 3.8) is 0 Å². The minimum Gasteiger partial charge on any atom is -0.394 e. The van der Waals surface area contributed by atoms with Crippen LogP contribution in [0.5, 0.6) is 0 Å². The fourth-order valence-corrected chi connectivity index (χ4v) is 6.08. The van der Waals surface area contributed by atoms with Gasteiger partial charge in [0.15, 0.2) is 6.29 Å². The van der Waals surface area contributed by atoms with Gasteiger partial charge in [-0.2, -0.15) is 0 Å². The molecule has 0 aliphatic carbocycles. The van der Waals surface area contributed by atoms with Crippen LogP contribution in [0.1, 0.15) is 142 Å². The number of aliphatic hydroxyl groups excluding tert-OH is 7. The quantitative estimate of drug-likeness (QED) is 0.0325. The number of hydrogen-bond donors (Lipinski definition) is 8. The molecule has 0 radical (unpaired) electrons. The fourth-order valence-electron chi connectivity index (χ4n) is 6.08. The lowest BCUT2D eigenvalue weighted by molar-refractivity contribution is -0.303. The summed E-state index contributed by atoms with van der Waals surface area (Å²) in [4.78, 5) is 13.0. The van der Waals surface area contributed by atoms with Crippen LogP contribution in [0.25, 0.3) is 0 Å². The molecule has 0 spiro atoms. The Kier molecular flexibility index (Phi) is 29.9. The SMILES string of the molecule is CCC/C=C/CC/C=C/CCCC(O)C(O)C(COC1OC(CO)C(O)C(O)C1O)NC(=O)C(O)CCCCCCCC/C=C\C/C=C\CCCCC. The molecule has 53 heavy (non-hydrogen) atoms. The van der Waals surface area contributed by atoms with Crippen LogP contribution in [0, 0.1) is 0 Å². The van der Waals surface area contributed by atoms with E-state index in [1.165, 1.54) is 19.3 Å². The van der Waals surface area contributed by atoms with E-state index in [2.05, 4.69) is 61.7 Å². The number of amides is 1. The third-order valence-corrected chi connectivity index (χ3v) is 9.56. The molecule has 1 heterocycles. The average molecular weight is 754 g/mol. The predicted molar refractivity (Wildman–Crippen MR) is 210 cm³/mol. The number of allylic oxidation sites excluding steroid dienone is 8. The van der Waals surface area contributed by atoms with Crippen LogP contribution in [0.15, 0.2) is 48.6 Å². The summed E-state index contributed by atoms with van der Waals surface area (Å²) >= 11 is 0. The molecule has 0 aromatic carbocycles. The Balaban J connectivity index is 2.54. The molecular weight excluding hydrogens is 678 g/mol. The van der Waals surface area contributed by atoms with Gasteiger partial charge in [-0.25, -0.2) is 0 Å². The van der Waals surface area contributed by atoms with Crippen molar-refractivity contribution in [2.24, 2.45) is 0 Å². The Hall–Kier alpha value is -1.93. The van der Waals surface area contributed by atoms with Crippen molar-refractivity contribution in [3.05, 3.63) is 48.6 Å². The number of aliphatic hydroxyl groups is 7. The zero-order valence-electron chi connectivity index (χ0n) is 32.7. The smallest absolute Gasteiger partial charge is 0.249 e. The van der Waals surface area contributed by atoms with Gasteiger partial charge in [0.25, 0.3) is 0 Å². The van der Waals surface area contributed by atoms with Gasteiger partial charge in [0.05, 0.1) is 25.4 Å². The van der Waals surface area contributed by atoms with E-state index in [0.717, 1.165) is 77.0 Å². The monoisotopic (exact) mass is 754 g/mol. The predicted octanol–water partition coefficient (Wildman–Crippen LogP) is 5.44. The normalized spacial score (nSPS) is 23.4. The molecule has 11 nitrogen and oxygen atoms in total. The van der Waals surface area contributed by atoms with E-state index in [0.29, 0.717) is 19.3 Å². The molecule has 1 fully saturated rings. The first kappa shape index (κ1) is 49.1. The van der Waals surface area contributed by atoms with Crippen LogP contribution in [-0.4, -0.2) is 110 Å². The van der Waals surface area contributed by atoms with Crippen molar-refractivity contribution >= 4 is 5.91 Å². The first-order valence-corrected chi connectivity index (χ1v) is 20.5. The highest BCUT2D eigenvalue weighted by atomic mass is 16.7. The van der Waals surface area contributed by atoms with Gasteiger partial charge in [-0.05, 0) is 77.0 Å². The standard InChI is InChI=1S/C42H75NO10/c1-3-5-7-9-11-13-15-16-17-18-19-20-22-24-26-28-30-35(46)41(51)43-33(32-52-42-40(50)39(49)38(48)36(31-44)53-42)37(47)34(45)29-27-25-23-21-14-12-10-8-6-4-2/h8,10-11,13,16-17,21,23,33-40,42,44-50H,3-7,9,12,14-15,18-20,22,24-32H2,1-2H3,(H,43,51)/b10-8+,13-11-,17-16-,23-21+. The summed E-state index contributed by atoms with van der Waals surface area (Å²) in [7, 11) is 0. The third kappa shape index (κ3) is 22.9. The van der Waals surface area contributed by atoms with E-state index in [1.807, 2.05) is 6.08 Å². The summed E-state index contributed by atoms with van der Waals surface area (Å²) in [6, 6.07) is -1.19. The molecule has 0 bridgehead atoms. The molecule has 0 aromatic rings. The van der Waals surface area contributed by atoms with Gasteiger partial charge in [0.1, 0.15) is 36.6 Å². The Morgan fingerprint density at radius 2 is 1.23 bits per heavy atom. The Morgan fingerprint density at radius 1 is 0.660 bits per heavy atom. The second-order valence-corrected chi connectivity index (χ2v) is 14.3. The van der Waals surface area contributed by atoms with Crippen molar-refractivity contribution in [2.45, 2.75) is 197 Å². The van der Waals surface area contributed by atoms with Crippen LogP contribution in [-0.2, 0) is 14.3 Å². The molecule has 1 saturated heterocycles. The summed E-state index contributed by atoms with van der Waals surface area (Å²) in [5.74, 6) is -0.725. The lowest BCUT2D eigenvalue weighted by atomic mass is 9.98. The van der Waals surface area contributed by atoms with Crippen LogP contribution in [0.2, 0.25) is 0 Å². The third-order valence-electron chi connectivity index (χ3n) is 9.56. The van der Waals surface area contributed by atoms with Gasteiger partial charge in [-0.3, -0.25) is 4.79 Å². The number of carbonyl (C=O) groups is 1.